The van der Waals surface area contributed by atoms with Gasteiger partial charge in [-0.15, -0.1) is 0 Å². The summed E-state index contributed by atoms with van der Waals surface area (Å²) in [4.78, 5) is 0. The van der Waals surface area contributed by atoms with Gasteiger partial charge in [0.15, 0.2) is 0 Å². The molecule has 1 aliphatic carbocycles. The predicted octanol–water partition coefficient (Wildman–Crippen LogP) is 14.4. The lowest BCUT2D eigenvalue weighted by molar-refractivity contribution is 0.659. The summed E-state index contributed by atoms with van der Waals surface area (Å²) >= 11 is 0. The van der Waals surface area contributed by atoms with Gasteiger partial charge in [0.2, 0.25) is 0 Å². The molecule has 0 aliphatic heterocycles. The van der Waals surface area contributed by atoms with Crippen molar-refractivity contribution in [3.05, 3.63) is 244 Å². The van der Waals surface area contributed by atoms with Crippen LogP contribution in [-0.4, -0.2) is 0 Å². The van der Waals surface area contributed by atoms with Gasteiger partial charge in [-0.2, -0.15) is 0 Å². The van der Waals surface area contributed by atoms with E-state index in [2.05, 4.69) is 211 Å². The maximum absolute atomic E-state index is 5.61. The smallest absolute Gasteiger partial charge is 0.0178 e. The number of hydrogen-bond donors (Lipinski definition) is 1. The summed E-state index contributed by atoms with van der Waals surface area (Å²) in [6, 6.07) is 62.7. The average molecular weight is 754 g/mol. The van der Waals surface area contributed by atoms with E-state index in [1.165, 1.54) is 94.2 Å². The molecule has 8 aromatic carbocycles. The molecule has 58 heavy (non-hydrogen) atoms. The zero-order valence-electron chi connectivity index (χ0n) is 34.7. The van der Waals surface area contributed by atoms with Crippen molar-refractivity contribution in [3.8, 4) is 22.3 Å². The minimum atomic E-state index is 0.0888. The molecule has 0 saturated carbocycles. The number of aryl methyl sites for hydroxylation is 2. The molecule has 1 aliphatic rings. The number of benzene rings is 8. The first-order chi connectivity index (χ1) is 28.2. The highest BCUT2D eigenvalue weighted by Crippen LogP contribution is 2.52. The van der Waals surface area contributed by atoms with Crippen LogP contribution in [0.15, 0.2) is 183 Å². The van der Waals surface area contributed by atoms with Crippen LogP contribution in [0.5, 0.6) is 0 Å². The Morgan fingerprint density at radius 2 is 1.09 bits per heavy atom. The summed E-state index contributed by atoms with van der Waals surface area (Å²) < 4.78 is 0. The number of fused-ring (bicyclic) bond motifs is 5. The third kappa shape index (κ3) is 8.66. The summed E-state index contributed by atoms with van der Waals surface area (Å²) in [6.07, 6.45) is 3.88. The van der Waals surface area contributed by atoms with E-state index in [4.69, 9.17) is 5.73 Å². The van der Waals surface area contributed by atoms with Crippen molar-refractivity contribution >= 4 is 16.8 Å². The summed E-state index contributed by atoms with van der Waals surface area (Å²) in [5.41, 5.74) is 25.9. The maximum atomic E-state index is 5.61. The van der Waals surface area contributed by atoms with Gasteiger partial charge in [-0.1, -0.05) is 208 Å². The molecule has 1 heteroatoms. The van der Waals surface area contributed by atoms with Crippen molar-refractivity contribution in [3.63, 3.8) is 0 Å². The SMILES string of the molecule is C=Cc1ccccc1-c1cccc(Cc2ccccc2)c1C.Cc1ccc2c(c1)C(C)(C)c1cc(C)c3ccccc3c1-2.NCc1cccc(Cc2ccccc2)c1. The standard InChI is InChI=1S/C22H20.C21H20.C14H15N/c1-3-19-12-7-8-14-22(19)21-15-9-13-20(17(21)2)16-18-10-5-4-6-11-18;1-13-9-10-17-18(11-13)21(3,4)19-12-14(2)15-7-5-6-8-16(15)20(17)19;15-11-14-8-4-7-13(10-14)9-12-5-2-1-3-6-12/h3-15H,1,16H2,2H3;5-12H,1-4H3;1-8,10H,9,11,15H2. The van der Waals surface area contributed by atoms with E-state index in [1.54, 1.807) is 0 Å². The van der Waals surface area contributed by atoms with Crippen LogP contribution in [0.1, 0.15) is 75.0 Å². The molecule has 0 radical (unpaired) electrons. The first kappa shape index (κ1) is 39.9. The molecule has 0 spiro atoms. The Kier molecular flexibility index (Phi) is 12.3. The van der Waals surface area contributed by atoms with Gasteiger partial charge >= 0.3 is 0 Å². The zero-order chi connectivity index (χ0) is 40.6. The Hall–Kier alpha value is -6.28. The van der Waals surface area contributed by atoms with E-state index < -0.39 is 0 Å². The van der Waals surface area contributed by atoms with Gasteiger partial charge in [-0.3, -0.25) is 0 Å². The van der Waals surface area contributed by atoms with Crippen LogP contribution in [0.3, 0.4) is 0 Å². The van der Waals surface area contributed by atoms with Crippen molar-refractivity contribution in [1.82, 2.24) is 0 Å². The van der Waals surface area contributed by atoms with Crippen molar-refractivity contribution in [2.24, 2.45) is 5.73 Å². The van der Waals surface area contributed by atoms with Gasteiger partial charge in [0.05, 0.1) is 0 Å². The fraction of sp³-hybridized carbons (Fsp3) is 0.158. The minimum Gasteiger partial charge on any atom is -0.326 e. The van der Waals surface area contributed by atoms with Gasteiger partial charge in [0.1, 0.15) is 0 Å². The van der Waals surface area contributed by atoms with E-state index in [0.29, 0.717) is 6.54 Å². The number of nitrogens with two attached hydrogens (primary N) is 1. The lowest BCUT2D eigenvalue weighted by atomic mass is 9.81. The normalized spacial score (nSPS) is 12.0. The molecular weight excluding hydrogens is 699 g/mol. The molecule has 0 saturated heterocycles. The van der Waals surface area contributed by atoms with Crippen LogP contribution < -0.4 is 5.73 Å². The van der Waals surface area contributed by atoms with Gasteiger partial charge in [-0.25, -0.2) is 0 Å². The third-order valence-electron chi connectivity index (χ3n) is 11.7. The van der Waals surface area contributed by atoms with Crippen molar-refractivity contribution in [2.45, 2.75) is 59.4 Å². The van der Waals surface area contributed by atoms with E-state index in [9.17, 15) is 0 Å². The monoisotopic (exact) mass is 753 g/mol. The Balaban J connectivity index is 0.000000135. The molecule has 0 bridgehead atoms. The highest BCUT2D eigenvalue weighted by molar-refractivity contribution is 6.03. The topological polar surface area (TPSA) is 26.0 Å². The maximum Gasteiger partial charge on any atom is 0.0178 e. The molecule has 0 aromatic heterocycles. The molecule has 2 N–H and O–H groups in total. The molecule has 288 valence electrons. The van der Waals surface area contributed by atoms with Crippen LogP contribution in [-0.2, 0) is 24.8 Å². The average Bonchev–Trinajstić information content (AvgIpc) is 3.47. The van der Waals surface area contributed by atoms with Crippen molar-refractivity contribution in [2.75, 3.05) is 0 Å². The van der Waals surface area contributed by atoms with Crippen LogP contribution in [0.25, 0.3) is 39.1 Å². The van der Waals surface area contributed by atoms with Gasteiger partial charge in [0, 0.05) is 12.0 Å². The predicted molar refractivity (Wildman–Crippen MR) is 251 cm³/mol. The number of rotatable bonds is 7. The zero-order valence-corrected chi connectivity index (χ0v) is 34.7. The van der Waals surface area contributed by atoms with E-state index in [-0.39, 0.29) is 5.41 Å². The van der Waals surface area contributed by atoms with Crippen LogP contribution in [0.2, 0.25) is 0 Å². The molecule has 0 fully saturated rings. The molecule has 0 heterocycles. The second-order valence-electron chi connectivity index (χ2n) is 16.1. The molecule has 8 aromatic rings. The number of hydrogen-bond acceptors (Lipinski definition) is 1. The fourth-order valence-electron chi connectivity index (χ4n) is 8.48. The molecule has 1 nitrogen and oxygen atoms in total. The molecule has 0 unspecified atom stereocenters. The lowest BCUT2D eigenvalue weighted by Crippen LogP contribution is -2.15. The highest BCUT2D eigenvalue weighted by atomic mass is 14.5. The highest BCUT2D eigenvalue weighted by Gasteiger charge is 2.36. The second kappa shape index (κ2) is 17.9. The first-order valence-corrected chi connectivity index (χ1v) is 20.5. The van der Waals surface area contributed by atoms with E-state index >= 15 is 0 Å². The second-order valence-corrected chi connectivity index (χ2v) is 16.1. The fourth-order valence-corrected chi connectivity index (χ4v) is 8.48. The molecular formula is C57H55N. The lowest BCUT2D eigenvalue weighted by Gasteiger charge is -2.22. The summed E-state index contributed by atoms with van der Waals surface area (Å²) in [5.74, 6) is 0. The van der Waals surface area contributed by atoms with Gasteiger partial charge in [0.25, 0.3) is 0 Å². The van der Waals surface area contributed by atoms with E-state index in [0.717, 1.165) is 12.8 Å². The Labute approximate surface area is 346 Å². The molecule has 0 amide bonds. The van der Waals surface area contributed by atoms with Gasteiger partial charge in [-0.05, 0) is 122 Å². The van der Waals surface area contributed by atoms with Crippen LogP contribution in [0.4, 0.5) is 0 Å². The van der Waals surface area contributed by atoms with Crippen LogP contribution >= 0.6 is 0 Å². The summed E-state index contributed by atoms with van der Waals surface area (Å²) in [5, 5.41) is 2.77. The minimum absolute atomic E-state index is 0.0888. The largest absolute Gasteiger partial charge is 0.326 e. The molecule has 0 atom stereocenters. The quantitative estimate of drug-likeness (QED) is 0.172. The van der Waals surface area contributed by atoms with Crippen molar-refractivity contribution in [1.29, 1.82) is 0 Å². The van der Waals surface area contributed by atoms with E-state index in [1.807, 2.05) is 12.1 Å². The Bertz CT molecular complexity index is 2660. The van der Waals surface area contributed by atoms with Gasteiger partial charge < -0.3 is 5.73 Å². The summed E-state index contributed by atoms with van der Waals surface area (Å²) in [6.45, 7) is 15.9. The molecule has 9 rings (SSSR count). The first-order valence-electron chi connectivity index (χ1n) is 20.5. The summed E-state index contributed by atoms with van der Waals surface area (Å²) in [7, 11) is 0. The van der Waals surface area contributed by atoms with Crippen molar-refractivity contribution < 1.29 is 0 Å². The van der Waals surface area contributed by atoms with Crippen LogP contribution in [0, 0.1) is 20.8 Å². The Morgan fingerprint density at radius 1 is 0.500 bits per heavy atom. The Morgan fingerprint density at radius 3 is 1.79 bits per heavy atom. The third-order valence-corrected chi connectivity index (χ3v) is 11.7.